The maximum atomic E-state index is 8.49. The average Bonchev–Trinajstić information content (AvgIpc) is 2.46. The second kappa shape index (κ2) is 7.86. The number of nitrogens with zero attached hydrogens (tertiary/aromatic N) is 1. The molecular weight excluding hydrogens is 374 g/mol. The van der Waals surface area contributed by atoms with Crippen molar-refractivity contribution in [3.63, 3.8) is 0 Å². The maximum Gasteiger partial charge on any atom is 0.184 e. The lowest BCUT2D eigenvalue weighted by atomic mass is 9.91. The van der Waals surface area contributed by atoms with E-state index in [0.717, 1.165) is 6.04 Å². The van der Waals surface area contributed by atoms with Gasteiger partial charge in [0.25, 0.3) is 0 Å². The maximum absolute atomic E-state index is 8.49. The fraction of sp³-hybridized carbons (Fsp3) is 0.533. The zero-order chi connectivity index (χ0) is 16.2. The third-order valence-electron chi connectivity index (χ3n) is 4.11. The number of fused-ring (bicyclic) bond motifs is 1. The van der Waals surface area contributed by atoms with Crippen LogP contribution in [0.2, 0.25) is 0 Å². The summed E-state index contributed by atoms with van der Waals surface area (Å²) in [5, 5.41) is 0. The molecule has 5 nitrogen and oxygen atoms in total. The van der Waals surface area contributed by atoms with Crippen molar-refractivity contribution >= 4 is 21.6 Å². The third-order valence-corrected chi connectivity index (χ3v) is 4.80. The molecule has 0 saturated carbocycles. The summed E-state index contributed by atoms with van der Waals surface area (Å²) in [6.07, 6.45) is 8.19. The van der Waals surface area contributed by atoms with E-state index in [9.17, 15) is 0 Å². The Labute approximate surface area is 140 Å². The van der Waals surface area contributed by atoms with E-state index < -0.39 is 10.2 Å². The highest BCUT2D eigenvalue weighted by Gasteiger charge is 2.33. The summed E-state index contributed by atoms with van der Waals surface area (Å²) in [4.78, 5) is 0. The number of hydrogen-bond acceptors (Lipinski definition) is 4. The second-order valence-electron chi connectivity index (χ2n) is 5.54. The molecule has 1 aromatic carbocycles. The van der Waals surface area contributed by atoms with Crippen molar-refractivity contribution in [3.05, 3.63) is 34.3 Å². The molecule has 0 radical (unpaired) electrons. The van der Waals surface area contributed by atoms with Gasteiger partial charge in [-0.1, -0.05) is 12.1 Å². The van der Waals surface area contributed by atoms with Crippen LogP contribution in [0.3, 0.4) is 0 Å². The molecule has 1 fully saturated rings. The molecule has 3 rings (SSSR count). The predicted molar refractivity (Wildman–Crippen MR) is 74.9 cm³/mol. The molecular formula is C15H19BrClNO4. The molecule has 122 valence electrons. The molecule has 2 heterocycles. The Hall–Kier alpha value is -0.500. The Morgan fingerprint density at radius 1 is 1.00 bits per heavy atom. The molecule has 0 spiro atoms. The SMILES string of the molecule is Brc1ccccc1C1=[N+]2CCCCC2CCC1.[O-][Cl+3]([O-])([O-])[O-]. The minimum atomic E-state index is -4.94. The zero-order valence-corrected chi connectivity index (χ0v) is 14.5. The zero-order valence-electron chi connectivity index (χ0n) is 12.2. The molecule has 2 aliphatic rings. The van der Waals surface area contributed by atoms with E-state index in [0.29, 0.717) is 0 Å². The first kappa shape index (κ1) is 17.8. The number of benzene rings is 1. The summed E-state index contributed by atoms with van der Waals surface area (Å²) < 4.78 is 37.9. The minimum absolute atomic E-state index is 0.819. The molecule has 0 bridgehead atoms. The molecule has 7 heteroatoms. The Bertz CT molecular complexity index is 539. The van der Waals surface area contributed by atoms with Crippen LogP contribution in [0.5, 0.6) is 0 Å². The summed E-state index contributed by atoms with van der Waals surface area (Å²) in [7, 11) is -4.94. The highest BCUT2D eigenvalue weighted by Crippen LogP contribution is 2.27. The Kier molecular flexibility index (Phi) is 6.37. The molecule has 0 N–H and O–H groups in total. The van der Waals surface area contributed by atoms with Gasteiger partial charge in [0.05, 0.1) is 5.56 Å². The van der Waals surface area contributed by atoms with Crippen LogP contribution < -0.4 is 18.6 Å². The summed E-state index contributed by atoms with van der Waals surface area (Å²) in [6, 6.07) is 9.50. The fourth-order valence-corrected chi connectivity index (χ4v) is 3.80. The number of hydrogen-bond donors (Lipinski definition) is 0. The Morgan fingerprint density at radius 3 is 2.32 bits per heavy atom. The third kappa shape index (κ3) is 5.30. The first-order chi connectivity index (χ1) is 10.4. The van der Waals surface area contributed by atoms with Crippen molar-refractivity contribution in [1.29, 1.82) is 0 Å². The van der Waals surface area contributed by atoms with Gasteiger partial charge in [0, 0.05) is 30.2 Å². The quantitative estimate of drug-likeness (QED) is 0.586. The van der Waals surface area contributed by atoms with Gasteiger partial charge < -0.3 is 0 Å². The van der Waals surface area contributed by atoms with Gasteiger partial charge in [0.2, 0.25) is 0 Å². The van der Waals surface area contributed by atoms with Gasteiger partial charge in [-0.2, -0.15) is 0 Å². The second-order valence-corrected chi connectivity index (χ2v) is 7.15. The smallest absolute Gasteiger partial charge is 0.184 e. The molecule has 0 aromatic heterocycles. The Balaban J connectivity index is 0.000000309. The van der Waals surface area contributed by atoms with Gasteiger partial charge in [-0.25, -0.2) is 23.2 Å². The Morgan fingerprint density at radius 2 is 1.64 bits per heavy atom. The molecule has 22 heavy (non-hydrogen) atoms. The predicted octanol–water partition coefficient (Wildman–Crippen LogP) is -0.769. The van der Waals surface area contributed by atoms with E-state index in [-0.39, 0.29) is 0 Å². The van der Waals surface area contributed by atoms with E-state index >= 15 is 0 Å². The van der Waals surface area contributed by atoms with Gasteiger partial charge in [-0.15, -0.1) is 10.2 Å². The molecule has 0 amide bonds. The monoisotopic (exact) mass is 391 g/mol. The first-order valence-electron chi connectivity index (χ1n) is 7.35. The number of halogens is 2. The lowest BCUT2D eigenvalue weighted by Crippen LogP contribution is -2.68. The van der Waals surface area contributed by atoms with Gasteiger partial charge >= 0.3 is 0 Å². The molecule has 1 saturated heterocycles. The lowest BCUT2D eigenvalue weighted by Gasteiger charge is -2.27. The van der Waals surface area contributed by atoms with Gasteiger partial charge in [0.15, 0.2) is 11.8 Å². The van der Waals surface area contributed by atoms with E-state index in [1.165, 1.54) is 55.1 Å². The van der Waals surface area contributed by atoms with E-state index in [4.69, 9.17) is 18.6 Å². The molecule has 1 atom stereocenters. The summed E-state index contributed by atoms with van der Waals surface area (Å²) in [5.74, 6) is 0. The van der Waals surface area contributed by atoms with Crippen LogP contribution in [0.1, 0.15) is 44.1 Å². The van der Waals surface area contributed by atoms with Crippen molar-refractivity contribution in [2.45, 2.75) is 44.6 Å². The topological polar surface area (TPSA) is 95.2 Å². The summed E-state index contributed by atoms with van der Waals surface area (Å²) in [6.45, 7) is 1.27. The standard InChI is InChI=1S/C15H19BrN.ClHO4/c16-14-9-2-1-8-13(14)15-10-5-7-12-6-3-4-11-17(12)15;2-1(3,4)5/h1-2,8-9,12H,3-7,10-11H2;(H,2,3,4,5)/q+1;/p-1. The van der Waals surface area contributed by atoms with E-state index in [2.05, 4.69) is 44.8 Å². The van der Waals surface area contributed by atoms with Crippen LogP contribution in [0.4, 0.5) is 0 Å². The average molecular weight is 393 g/mol. The van der Waals surface area contributed by atoms with Crippen LogP contribution in [0.25, 0.3) is 0 Å². The summed E-state index contributed by atoms with van der Waals surface area (Å²) in [5.41, 5.74) is 2.99. The normalized spacial score (nSPS) is 21.8. The van der Waals surface area contributed by atoms with E-state index in [1.54, 1.807) is 5.71 Å². The van der Waals surface area contributed by atoms with Gasteiger partial charge in [-0.3, -0.25) is 0 Å². The lowest BCUT2D eigenvalue weighted by molar-refractivity contribution is -2.00. The molecule has 1 aromatic rings. The van der Waals surface area contributed by atoms with Gasteiger partial charge in [-0.05, 0) is 40.9 Å². The van der Waals surface area contributed by atoms with Crippen molar-refractivity contribution < 1.29 is 33.5 Å². The number of piperidine rings is 1. The van der Waals surface area contributed by atoms with Gasteiger partial charge in [0.1, 0.15) is 6.54 Å². The van der Waals surface area contributed by atoms with Crippen LogP contribution in [0, 0.1) is 10.2 Å². The van der Waals surface area contributed by atoms with Crippen LogP contribution in [0.15, 0.2) is 28.7 Å². The van der Waals surface area contributed by atoms with Crippen molar-refractivity contribution in [1.82, 2.24) is 0 Å². The highest BCUT2D eigenvalue weighted by molar-refractivity contribution is 9.10. The van der Waals surface area contributed by atoms with Crippen molar-refractivity contribution in [2.75, 3.05) is 6.54 Å². The molecule has 2 aliphatic heterocycles. The van der Waals surface area contributed by atoms with Crippen molar-refractivity contribution in [3.8, 4) is 0 Å². The minimum Gasteiger partial charge on any atom is -0.230 e. The number of rotatable bonds is 1. The largest absolute Gasteiger partial charge is 0.230 e. The van der Waals surface area contributed by atoms with E-state index in [1.807, 2.05) is 0 Å². The van der Waals surface area contributed by atoms with Crippen LogP contribution >= 0.6 is 15.9 Å². The highest BCUT2D eigenvalue weighted by atomic mass is 79.9. The molecule has 0 aliphatic carbocycles. The van der Waals surface area contributed by atoms with Crippen molar-refractivity contribution in [2.24, 2.45) is 0 Å². The first-order valence-corrected chi connectivity index (χ1v) is 9.38. The fourth-order valence-electron chi connectivity index (χ4n) is 3.29. The molecule has 1 unspecified atom stereocenters. The van der Waals surface area contributed by atoms with Crippen LogP contribution in [-0.2, 0) is 0 Å². The van der Waals surface area contributed by atoms with Crippen LogP contribution in [-0.4, -0.2) is 22.9 Å². The summed E-state index contributed by atoms with van der Waals surface area (Å²) >= 11 is 3.70.